The minimum absolute atomic E-state index is 0.0239. The van der Waals surface area contributed by atoms with E-state index in [4.69, 9.17) is 37.8 Å². The first kappa shape index (κ1) is 18.3. The molecule has 5 rings (SSSR count). The second-order valence-electron chi connectivity index (χ2n) is 7.05. The highest BCUT2D eigenvalue weighted by atomic mass is 35.5. The van der Waals surface area contributed by atoms with Crippen LogP contribution in [0.1, 0.15) is 35.4 Å². The van der Waals surface area contributed by atoms with Crippen LogP contribution in [-0.2, 0) is 0 Å². The molecule has 29 heavy (non-hydrogen) atoms. The van der Waals surface area contributed by atoms with Gasteiger partial charge >= 0.3 is 0 Å². The third-order valence-corrected chi connectivity index (χ3v) is 5.93. The Bertz CT molecular complexity index is 1100. The Morgan fingerprint density at radius 2 is 1.79 bits per heavy atom. The number of benzene rings is 3. The van der Waals surface area contributed by atoms with Gasteiger partial charge in [0.25, 0.3) is 0 Å². The summed E-state index contributed by atoms with van der Waals surface area (Å²) < 4.78 is 11.6. The van der Waals surface area contributed by atoms with E-state index in [2.05, 4.69) is 0 Å². The number of hydrogen-bond acceptors (Lipinski definition) is 4. The normalized spacial score (nSPS) is 19.8. The Labute approximate surface area is 179 Å². The fourth-order valence-electron chi connectivity index (χ4n) is 3.90. The number of ether oxygens (including phenoxy) is 2. The number of rotatable bonds is 3. The number of hydrazone groups is 1. The minimum Gasteiger partial charge on any atom is -0.497 e. The molecule has 0 spiro atoms. The van der Waals surface area contributed by atoms with Crippen LogP contribution in [0.25, 0.3) is 0 Å². The molecule has 0 unspecified atom stereocenters. The van der Waals surface area contributed by atoms with E-state index in [9.17, 15) is 0 Å². The standard InChI is InChI=1S/C23H18Cl2N2O2/c1-28-16-9-6-14(7-10-16)20-13-21-18-12-15(24)8-11-22(18)29-23(27(21)26-20)17-4-2-3-5-19(17)25/h2-12,21,23H,13H2,1H3/t21-,23-/m1/s1. The molecule has 0 N–H and O–H groups in total. The van der Waals surface area contributed by atoms with Gasteiger partial charge in [-0.15, -0.1) is 0 Å². The van der Waals surface area contributed by atoms with Crippen LogP contribution in [0.15, 0.2) is 71.8 Å². The molecule has 3 aromatic carbocycles. The van der Waals surface area contributed by atoms with Crippen molar-refractivity contribution in [1.82, 2.24) is 5.01 Å². The van der Waals surface area contributed by atoms with Gasteiger partial charge in [0.2, 0.25) is 6.23 Å². The molecule has 2 aliphatic heterocycles. The monoisotopic (exact) mass is 424 g/mol. The first-order valence-corrected chi connectivity index (χ1v) is 10.1. The van der Waals surface area contributed by atoms with Crippen molar-refractivity contribution in [3.63, 3.8) is 0 Å². The summed E-state index contributed by atoms with van der Waals surface area (Å²) in [5, 5.41) is 8.28. The van der Waals surface area contributed by atoms with E-state index in [0.29, 0.717) is 10.0 Å². The average molecular weight is 425 g/mol. The number of fused-ring (bicyclic) bond motifs is 3. The Kier molecular flexibility index (Phi) is 4.61. The number of nitrogens with zero attached hydrogens (tertiary/aromatic N) is 2. The topological polar surface area (TPSA) is 34.1 Å². The Morgan fingerprint density at radius 1 is 1.00 bits per heavy atom. The van der Waals surface area contributed by atoms with Crippen LogP contribution in [-0.4, -0.2) is 17.8 Å². The molecule has 6 heteroatoms. The molecule has 0 amide bonds. The molecule has 0 saturated heterocycles. The lowest BCUT2D eigenvalue weighted by Gasteiger charge is -2.38. The highest BCUT2D eigenvalue weighted by Crippen LogP contribution is 2.49. The van der Waals surface area contributed by atoms with Crippen LogP contribution >= 0.6 is 23.2 Å². The summed E-state index contributed by atoms with van der Waals surface area (Å²) in [5.41, 5.74) is 3.97. The largest absolute Gasteiger partial charge is 0.497 e. The first-order chi connectivity index (χ1) is 14.1. The highest BCUT2D eigenvalue weighted by molar-refractivity contribution is 6.31. The maximum Gasteiger partial charge on any atom is 0.215 e. The van der Waals surface area contributed by atoms with Gasteiger partial charge in [-0.05, 0) is 54.1 Å². The molecule has 2 aliphatic rings. The fourth-order valence-corrected chi connectivity index (χ4v) is 4.31. The summed E-state index contributed by atoms with van der Waals surface area (Å²) in [6.07, 6.45) is 0.349. The third-order valence-electron chi connectivity index (χ3n) is 5.35. The molecule has 0 saturated carbocycles. The Hall–Kier alpha value is -2.69. The van der Waals surface area contributed by atoms with Crippen molar-refractivity contribution in [2.45, 2.75) is 18.7 Å². The van der Waals surface area contributed by atoms with Crippen LogP contribution in [0.5, 0.6) is 11.5 Å². The van der Waals surface area contributed by atoms with E-state index in [-0.39, 0.29) is 6.04 Å². The van der Waals surface area contributed by atoms with Gasteiger partial charge in [-0.3, -0.25) is 0 Å². The van der Waals surface area contributed by atoms with Crippen LogP contribution in [0.4, 0.5) is 0 Å². The number of hydrogen-bond donors (Lipinski definition) is 0. The molecule has 0 aromatic heterocycles. The highest BCUT2D eigenvalue weighted by Gasteiger charge is 2.41. The molecule has 2 heterocycles. The molecule has 3 aromatic rings. The predicted octanol–water partition coefficient (Wildman–Crippen LogP) is 6.24. The van der Waals surface area contributed by atoms with Crippen LogP contribution < -0.4 is 9.47 Å². The quantitative estimate of drug-likeness (QED) is 0.498. The lowest BCUT2D eigenvalue weighted by atomic mass is 9.96. The van der Waals surface area contributed by atoms with E-state index < -0.39 is 6.23 Å². The second-order valence-corrected chi connectivity index (χ2v) is 7.89. The van der Waals surface area contributed by atoms with Gasteiger partial charge in [-0.1, -0.05) is 41.4 Å². The van der Waals surface area contributed by atoms with E-state index in [1.807, 2.05) is 71.7 Å². The molecule has 2 atom stereocenters. The van der Waals surface area contributed by atoms with Gasteiger partial charge < -0.3 is 9.47 Å². The Morgan fingerprint density at radius 3 is 2.55 bits per heavy atom. The molecular formula is C23H18Cl2N2O2. The zero-order chi connectivity index (χ0) is 20.0. The van der Waals surface area contributed by atoms with Gasteiger partial charge in [0.15, 0.2) is 0 Å². The molecule has 0 fully saturated rings. The third kappa shape index (κ3) is 3.22. The van der Waals surface area contributed by atoms with Crippen LogP contribution in [0.2, 0.25) is 10.0 Å². The first-order valence-electron chi connectivity index (χ1n) is 9.35. The minimum atomic E-state index is -0.405. The lowest BCUT2D eigenvalue weighted by molar-refractivity contribution is -0.0189. The zero-order valence-corrected chi connectivity index (χ0v) is 17.2. The van der Waals surface area contributed by atoms with Crippen LogP contribution in [0, 0.1) is 0 Å². The van der Waals surface area contributed by atoms with Crippen LogP contribution in [0.3, 0.4) is 0 Å². The summed E-state index contributed by atoms with van der Waals surface area (Å²) in [4.78, 5) is 0. The van der Waals surface area contributed by atoms with E-state index >= 15 is 0 Å². The molecule has 146 valence electrons. The van der Waals surface area contributed by atoms with Crippen molar-refractivity contribution in [2.75, 3.05) is 7.11 Å². The number of methoxy groups -OCH3 is 1. The summed E-state index contributed by atoms with van der Waals surface area (Å²) in [6.45, 7) is 0. The summed E-state index contributed by atoms with van der Waals surface area (Å²) >= 11 is 12.8. The molecule has 4 nitrogen and oxygen atoms in total. The van der Waals surface area contributed by atoms with Crippen molar-refractivity contribution in [1.29, 1.82) is 0 Å². The lowest BCUT2D eigenvalue weighted by Crippen LogP contribution is -2.33. The van der Waals surface area contributed by atoms with E-state index in [1.54, 1.807) is 7.11 Å². The van der Waals surface area contributed by atoms with E-state index in [1.165, 1.54) is 0 Å². The fraction of sp³-hybridized carbons (Fsp3) is 0.174. The Balaban J connectivity index is 1.59. The maximum atomic E-state index is 6.50. The molecule has 0 radical (unpaired) electrons. The molecule has 0 aliphatic carbocycles. The van der Waals surface area contributed by atoms with Crippen molar-refractivity contribution < 1.29 is 9.47 Å². The summed E-state index contributed by atoms with van der Waals surface area (Å²) in [5.74, 6) is 1.63. The molecular weight excluding hydrogens is 407 g/mol. The van der Waals surface area contributed by atoms with Gasteiger partial charge in [0, 0.05) is 27.6 Å². The van der Waals surface area contributed by atoms with E-state index in [0.717, 1.165) is 40.3 Å². The van der Waals surface area contributed by atoms with Crippen molar-refractivity contribution in [3.8, 4) is 11.5 Å². The maximum absolute atomic E-state index is 6.50. The predicted molar refractivity (Wildman–Crippen MR) is 115 cm³/mol. The molecule has 0 bridgehead atoms. The van der Waals surface area contributed by atoms with Crippen molar-refractivity contribution in [2.24, 2.45) is 5.10 Å². The van der Waals surface area contributed by atoms with Crippen molar-refractivity contribution >= 4 is 28.9 Å². The SMILES string of the molecule is COc1ccc(C2=NN3[C@H](C2)c2cc(Cl)ccc2O[C@@H]3c2ccccc2Cl)cc1. The average Bonchev–Trinajstić information content (AvgIpc) is 3.20. The zero-order valence-electron chi connectivity index (χ0n) is 15.7. The van der Waals surface area contributed by atoms with Gasteiger partial charge in [0.1, 0.15) is 11.5 Å². The second kappa shape index (κ2) is 7.29. The van der Waals surface area contributed by atoms with Gasteiger partial charge in [0.05, 0.1) is 18.9 Å². The number of halogens is 2. The summed E-state index contributed by atoms with van der Waals surface area (Å²) in [6, 6.07) is 21.4. The van der Waals surface area contributed by atoms with Gasteiger partial charge in [-0.2, -0.15) is 5.10 Å². The van der Waals surface area contributed by atoms with Gasteiger partial charge in [-0.25, -0.2) is 5.01 Å². The van der Waals surface area contributed by atoms with Crippen molar-refractivity contribution in [3.05, 3.63) is 93.5 Å². The summed E-state index contributed by atoms with van der Waals surface area (Å²) in [7, 11) is 1.66. The smallest absolute Gasteiger partial charge is 0.215 e.